The lowest BCUT2D eigenvalue weighted by molar-refractivity contribution is 0.906. The number of hydrogen-bond donors (Lipinski definition) is 3. The molecule has 0 spiro atoms. The molecule has 2 heterocycles. The first-order chi connectivity index (χ1) is 8.16. The van der Waals surface area contributed by atoms with Crippen LogP contribution in [0.5, 0.6) is 0 Å². The van der Waals surface area contributed by atoms with Crippen molar-refractivity contribution in [2.45, 2.75) is 12.8 Å². The molecule has 0 bridgehead atoms. The quantitative estimate of drug-likeness (QED) is 0.702. The lowest BCUT2D eigenvalue weighted by Crippen LogP contribution is -2.09. The van der Waals surface area contributed by atoms with Gasteiger partial charge >= 0.3 is 0 Å². The van der Waals surface area contributed by atoms with E-state index in [1.165, 1.54) is 0 Å². The molecule has 0 aliphatic rings. The van der Waals surface area contributed by atoms with Crippen LogP contribution in [0.4, 0.5) is 17.6 Å². The van der Waals surface area contributed by atoms with Crippen LogP contribution < -0.4 is 17.2 Å². The highest BCUT2D eigenvalue weighted by Crippen LogP contribution is 2.18. The second-order valence-corrected chi connectivity index (χ2v) is 3.65. The smallest absolute Gasteiger partial charge is 0.223 e. The maximum absolute atomic E-state index is 5.75. The van der Waals surface area contributed by atoms with Gasteiger partial charge < -0.3 is 17.2 Å². The third-order valence-electron chi connectivity index (χ3n) is 2.45. The molecule has 0 aliphatic carbocycles. The van der Waals surface area contributed by atoms with E-state index >= 15 is 0 Å². The minimum Gasteiger partial charge on any atom is -0.383 e. The van der Waals surface area contributed by atoms with E-state index in [9.17, 15) is 0 Å². The lowest BCUT2D eigenvalue weighted by atomic mass is 10.1. The van der Waals surface area contributed by atoms with Crippen molar-refractivity contribution in [1.29, 1.82) is 0 Å². The Morgan fingerprint density at radius 2 is 1.65 bits per heavy atom. The van der Waals surface area contributed by atoms with Gasteiger partial charge in [0, 0.05) is 17.5 Å². The van der Waals surface area contributed by atoms with Crippen LogP contribution in [0.1, 0.15) is 11.3 Å². The lowest BCUT2D eigenvalue weighted by Gasteiger charge is -2.07. The summed E-state index contributed by atoms with van der Waals surface area (Å²) in [5.41, 5.74) is 18.7. The fourth-order valence-electron chi connectivity index (χ4n) is 1.59. The average molecular weight is 230 g/mol. The van der Waals surface area contributed by atoms with Gasteiger partial charge in [0.2, 0.25) is 5.95 Å². The highest BCUT2D eigenvalue weighted by molar-refractivity contribution is 5.55. The number of aryl methyl sites for hydroxylation is 1. The highest BCUT2D eigenvalue weighted by Gasteiger charge is 2.08. The average Bonchev–Trinajstić information content (AvgIpc) is 2.29. The Bertz CT molecular complexity index is 488. The summed E-state index contributed by atoms with van der Waals surface area (Å²) in [5.74, 6) is 0.776. The van der Waals surface area contributed by atoms with Crippen molar-refractivity contribution in [3.8, 4) is 0 Å². The summed E-state index contributed by atoms with van der Waals surface area (Å²) in [6.07, 6.45) is 3.14. The number of nitrogens with two attached hydrogens (primary N) is 3. The Labute approximate surface area is 98.9 Å². The van der Waals surface area contributed by atoms with Gasteiger partial charge in [-0.2, -0.15) is 9.97 Å². The van der Waals surface area contributed by atoms with Crippen LogP contribution in [0.3, 0.4) is 0 Å². The van der Waals surface area contributed by atoms with E-state index in [0.29, 0.717) is 18.1 Å². The van der Waals surface area contributed by atoms with E-state index in [-0.39, 0.29) is 5.95 Å². The fourth-order valence-corrected chi connectivity index (χ4v) is 1.59. The predicted molar refractivity (Wildman–Crippen MR) is 66.9 cm³/mol. The molecule has 2 aromatic heterocycles. The van der Waals surface area contributed by atoms with E-state index < -0.39 is 0 Å². The maximum atomic E-state index is 5.75. The van der Waals surface area contributed by atoms with Crippen LogP contribution in [0.25, 0.3) is 0 Å². The minimum atomic E-state index is 0.0987. The summed E-state index contributed by atoms with van der Waals surface area (Å²) in [6.45, 7) is 0. The topological polar surface area (TPSA) is 117 Å². The van der Waals surface area contributed by atoms with Crippen molar-refractivity contribution >= 4 is 17.6 Å². The first-order valence-electron chi connectivity index (χ1n) is 5.24. The van der Waals surface area contributed by atoms with Gasteiger partial charge in [0.25, 0.3) is 0 Å². The number of hydrogen-bond acceptors (Lipinski definition) is 6. The van der Waals surface area contributed by atoms with E-state index in [0.717, 1.165) is 17.7 Å². The van der Waals surface area contributed by atoms with Crippen molar-refractivity contribution < 1.29 is 0 Å². The van der Waals surface area contributed by atoms with Gasteiger partial charge in [-0.3, -0.25) is 4.98 Å². The summed E-state index contributed by atoms with van der Waals surface area (Å²) in [4.78, 5) is 12.0. The minimum absolute atomic E-state index is 0.0987. The van der Waals surface area contributed by atoms with Crippen LogP contribution in [0.2, 0.25) is 0 Å². The SMILES string of the molecule is Nc1nc(N)c(CCc2ccccn2)c(N)n1. The third kappa shape index (κ3) is 2.60. The number of nitrogen functional groups attached to an aromatic ring is 3. The zero-order valence-corrected chi connectivity index (χ0v) is 9.30. The summed E-state index contributed by atoms with van der Waals surface area (Å²) >= 11 is 0. The Kier molecular flexibility index (Phi) is 3.04. The van der Waals surface area contributed by atoms with E-state index in [4.69, 9.17) is 17.2 Å². The molecule has 88 valence electrons. The van der Waals surface area contributed by atoms with E-state index in [1.807, 2.05) is 18.2 Å². The van der Waals surface area contributed by atoms with Crippen LogP contribution >= 0.6 is 0 Å². The molecule has 0 unspecified atom stereocenters. The van der Waals surface area contributed by atoms with Crippen LogP contribution in [-0.2, 0) is 12.8 Å². The first-order valence-corrected chi connectivity index (χ1v) is 5.24. The summed E-state index contributed by atoms with van der Waals surface area (Å²) in [5, 5.41) is 0. The van der Waals surface area contributed by atoms with Crippen molar-refractivity contribution in [1.82, 2.24) is 15.0 Å². The predicted octanol–water partition coefficient (Wildman–Crippen LogP) is 0.403. The molecule has 2 rings (SSSR count). The molecule has 6 heteroatoms. The number of rotatable bonds is 3. The molecule has 6 nitrogen and oxygen atoms in total. The second-order valence-electron chi connectivity index (χ2n) is 3.65. The molecular formula is C11H14N6. The van der Waals surface area contributed by atoms with E-state index in [2.05, 4.69) is 15.0 Å². The molecule has 0 saturated carbocycles. The summed E-state index contributed by atoms with van der Waals surface area (Å²) in [6, 6.07) is 5.76. The molecular weight excluding hydrogens is 216 g/mol. The van der Waals surface area contributed by atoms with Gasteiger partial charge in [0.05, 0.1) is 0 Å². The van der Waals surface area contributed by atoms with Crippen molar-refractivity contribution in [3.63, 3.8) is 0 Å². The van der Waals surface area contributed by atoms with Crippen LogP contribution in [-0.4, -0.2) is 15.0 Å². The highest BCUT2D eigenvalue weighted by atomic mass is 15.1. The summed E-state index contributed by atoms with van der Waals surface area (Å²) < 4.78 is 0. The molecule has 0 saturated heterocycles. The second kappa shape index (κ2) is 4.65. The molecule has 0 atom stereocenters. The number of anilines is 3. The Morgan fingerprint density at radius 1 is 0.941 bits per heavy atom. The standard InChI is InChI=1S/C11H14N6/c12-9-8(10(13)17-11(14)16-9)5-4-7-3-1-2-6-15-7/h1-3,6H,4-5H2,(H6,12,13,14,16,17). The van der Waals surface area contributed by atoms with Gasteiger partial charge in [0.1, 0.15) is 11.6 Å². The Balaban J connectivity index is 2.15. The normalized spacial score (nSPS) is 10.4. The van der Waals surface area contributed by atoms with Gasteiger partial charge in [-0.05, 0) is 25.0 Å². The molecule has 2 aromatic rings. The van der Waals surface area contributed by atoms with Crippen LogP contribution in [0, 0.1) is 0 Å². The van der Waals surface area contributed by atoms with Crippen LogP contribution in [0.15, 0.2) is 24.4 Å². The largest absolute Gasteiger partial charge is 0.383 e. The van der Waals surface area contributed by atoms with Crippen molar-refractivity contribution in [2.24, 2.45) is 0 Å². The monoisotopic (exact) mass is 230 g/mol. The van der Waals surface area contributed by atoms with Gasteiger partial charge in [-0.15, -0.1) is 0 Å². The Hall–Kier alpha value is -2.37. The molecule has 0 aromatic carbocycles. The van der Waals surface area contributed by atoms with Crippen molar-refractivity contribution in [3.05, 3.63) is 35.7 Å². The number of nitrogens with zero attached hydrogens (tertiary/aromatic N) is 3. The first kappa shape index (κ1) is 11.1. The molecule has 6 N–H and O–H groups in total. The van der Waals surface area contributed by atoms with Gasteiger partial charge in [-0.25, -0.2) is 0 Å². The molecule has 17 heavy (non-hydrogen) atoms. The van der Waals surface area contributed by atoms with E-state index in [1.54, 1.807) is 6.20 Å². The fraction of sp³-hybridized carbons (Fsp3) is 0.182. The Morgan fingerprint density at radius 3 is 2.24 bits per heavy atom. The summed E-state index contributed by atoms with van der Waals surface area (Å²) in [7, 11) is 0. The van der Waals surface area contributed by atoms with Gasteiger partial charge in [-0.1, -0.05) is 6.07 Å². The third-order valence-corrected chi connectivity index (χ3v) is 2.45. The van der Waals surface area contributed by atoms with Crippen molar-refractivity contribution in [2.75, 3.05) is 17.2 Å². The molecule has 0 aliphatic heterocycles. The molecule has 0 amide bonds. The zero-order chi connectivity index (χ0) is 12.3. The zero-order valence-electron chi connectivity index (χ0n) is 9.30. The maximum Gasteiger partial charge on any atom is 0.223 e. The number of aromatic nitrogens is 3. The van der Waals surface area contributed by atoms with Gasteiger partial charge in [0.15, 0.2) is 0 Å². The number of pyridine rings is 1. The molecule has 0 fully saturated rings. The molecule has 0 radical (unpaired) electrons.